The molecule has 154 valence electrons. The third-order valence-corrected chi connectivity index (χ3v) is 5.42. The molecule has 7 heteroatoms. The molecular weight excluding hydrogens is 358 g/mol. The summed E-state index contributed by atoms with van der Waals surface area (Å²) in [5.74, 6) is 0. The molecule has 0 saturated carbocycles. The highest BCUT2D eigenvalue weighted by Crippen LogP contribution is 2.17. The van der Waals surface area contributed by atoms with Crippen LogP contribution >= 0.6 is 0 Å². The van der Waals surface area contributed by atoms with Crippen molar-refractivity contribution in [2.75, 3.05) is 32.8 Å². The molecule has 7 nitrogen and oxygen atoms in total. The molecule has 0 unspecified atom stereocenters. The largest absolute Gasteiger partial charge is 0.508 e. The average Bonchev–Trinajstić information content (AvgIpc) is 2.71. The molecule has 1 N–H and O–H groups in total. The van der Waals surface area contributed by atoms with Gasteiger partial charge in [-0.1, -0.05) is 30.3 Å². The molecule has 1 aromatic carbocycles. The SMILES string of the molecule is CCOC(=O)OC1CCN(C(=O)NC2CCN(Cc3ccccc3)CC2)CC1. The monoisotopic (exact) mass is 389 g/mol. The Morgan fingerprint density at radius 1 is 1.04 bits per heavy atom. The van der Waals surface area contributed by atoms with E-state index in [1.807, 2.05) is 11.0 Å². The summed E-state index contributed by atoms with van der Waals surface area (Å²) < 4.78 is 10.1. The van der Waals surface area contributed by atoms with Gasteiger partial charge in [0.05, 0.1) is 6.61 Å². The van der Waals surface area contributed by atoms with Crippen molar-refractivity contribution in [3.63, 3.8) is 0 Å². The van der Waals surface area contributed by atoms with Gasteiger partial charge in [-0.15, -0.1) is 0 Å². The van der Waals surface area contributed by atoms with Crippen molar-refractivity contribution in [3.8, 4) is 0 Å². The van der Waals surface area contributed by atoms with E-state index >= 15 is 0 Å². The van der Waals surface area contributed by atoms with Crippen LogP contribution in [-0.2, 0) is 16.0 Å². The van der Waals surface area contributed by atoms with Gasteiger partial charge in [-0.3, -0.25) is 4.90 Å². The van der Waals surface area contributed by atoms with E-state index in [-0.39, 0.29) is 18.2 Å². The maximum absolute atomic E-state index is 12.5. The summed E-state index contributed by atoms with van der Waals surface area (Å²) in [5, 5.41) is 3.18. The van der Waals surface area contributed by atoms with Crippen LogP contribution in [0.25, 0.3) is 0 Å². The van der Waals surface area contributed by atoms with E-state index < -0.39 is 6.16 Å². The number of hydrogen-bond acceptors (Lipinski definition) is 5. The van der Waals surface area contributed by atoms with Gasteiger partial charge in [-0.2, -0.15) is 0 Å². The first-order valence-electron chi connectivity index (χ1n) is 10.3. The van der Waals surface area contributed by atoms with E-state index in [0.717, 1.165) is 32.5 Å². The number of piperidine rings is 2. The highest BCUT2D eigenvalue weighted by atomic mass is 16.7. The van der Waals surface area contributed by atoms with E-state index in [1.165, 1.54) is 5.56 Å². The molecule has 2 amide bonds. The van der Waals surface area contributed by atoms with Crippen LogP contribution in [0.15, 0.2) is 30.3 Å². The number of benzene rings is 1. The zero-order valence-corrected chi connectivity index (χ0v) is 16.6. The normalized spacial score (nSPS) is 19.2. The number of carbonyl (C=O) groups is 2. The highest BCUT2D eigenvalue weighted by molar-refractivity contribution is 5.74. The fraction of sp³-hybridized carbons (Fsp3) is 0.619. The standard InChI is InChI=1S/C21H31N3O4/c1-2-27-21(26)28-19-10-14-24(15-11-19)20(25)22-18-8-12-23(13-9-18)16-17-6-4-3-5-7-17/h3-7,18-19H,2,8-16H2,1H3,(H,22,25). The number of nitrogens with one attached hydrogen (secondary N) is 1. The van der Waals surface area contributed by atoms with Crippen LogP contribution in [0, 0.1) is 0 Å². The van der Waals surface area contributed by atoms with Crippen molar-refractivity contribution in [2.45, 2.75) is 51.3 Å². The molecule has 0 aromatic heterocycles. The summed E-state index contributed by atoms with van der Waals surface area (Å²) in [7, 11) is 0. The Morgan fingerprint density at radius 2 is 1.71 bits per heavy atom. The van der Waals surface area contributed by atoms with E-state index in [1.54, 1.807) is 6.92 Å². The average molecular weight is 389 g/mol. The summed E-state index contributed by atoms with van der Waals surface area (Å²) in [6.07, 6.45) is 2.47. The molecule has 2 saturated heterocycles. The minimum absolute atomic E-state index is 0.00362. The zero-order chi connectivity index (χ0) is 19.8. The van der Waals surface area contributed by atoms with Gasteiger partial charge in [-0.25, -0.2) is 9.59 Å². The van der Waals surface area contributed by atoms with Crippen LogP contribution < -0.4 is 5.32 Å². The molecule has 28 heavy (non-hydrogen) atoms. The molecule has 2 aliphatic rings. The summed E-state index contributed by atoms with van der Waals surface area (Å²) in [6, 6.07) is 10.7. The Hall–Kier alpha value is -2.28. The number of likely N-dealkylation sites (tertiary alicyclic amines) is 2. The summed E-state index contributed by atoms with van der Waals surface area (Å²) in [6.45, 7) is 6.22. The maximum Gasteiger partial charge on any atom is 0.508 e. The van der Waals surface area contributed by atoms with Crippen LogP contribution in [0.5, 0.6) is 0 Å². The van der Waals surface area contributed by atoms with Gasteiger partial charge in [0.2, 0.25) is 0 Å². The van der Waals surface area contributed by atoms with E-state index in [4.69, 9.17) is 9.47 Å². The lowest BCUT2D eigenvalue weighted by Crippen LogP contribution is -2.51. The number of nitrogens with zero attached hydrogens (tertiary/aromatic N) is 2. The maximum atomic E-state index is 12.5. The van der Waals surface area contributed by atoms with Crippen LogP contribution in [-0.4, -0.2) is 66.9 Å². The number of hydrogen-bond donors (Lipinski definition) is 1. The van der Waals surface area contributed by atoms with E-state index in [2.05, 4.69) is 34.5 Å². The third-order valence-electron chi connectivity index (χ3n) is 5.42. The first-order valence-corrected chi connectivity index (χ1v) is 10.3. The fourth-order valence-corrected chi connectivity index (χ4v) is 3.81. The molecule has 0 radical (unpaired) electrons. The van der Waals surface area contributed by atoms with Gasteiger partial charge in [0, 0.05) is 51.6 Å². The molecule has 0 aliphatic carbocycles. The smallest absolute Gasteiger partial charge is 0.435 e. The lowest BCUT2D eigenvalue weighted by Gasteiger charge is -2.35. The quantitative estimate of drug-likeness (QED) is 0.784. The third kappa shape index (κ3) is 6.12. The first kappa shape index (κ1) is 20.5. The number of amides is 2. The van der Waals surface area contributed by atoms with Gasteiger partial charge in [-0.05, 0) is 25.3 Å². The second-order valence-corrected chi connectivity index (χ2v) is 7.47. The van der Waals surface area contributed by atoms with E-state index in [0.29, 0.717) is 32.5 Å². The Morgan fingerprint density at radius 3 is 2.36 bits per heavy atom. The number of carbonyl (C=O) groups excluding carboxylic acids is 2. The van der Waals surface area contributed by atoms with Gasteiger partial charge in [0.1, 0.15) is 6.10 Å². The van der Waals surface area contributed by atoms with Crippen molar-refractivity contribution in [3.05, 3.63) is 35.9 Å². The Kier molecular flexibility index (Phi) is 7.54. The lowest BCUT2D eigenvalue weighted by molar-refractivity contribution is 0.00638. The van der Waals surface area contributed by atoms with Crippen molar-refractivity contribution in [2.24, 2.45) is 0 Å². The minimum Gasteiger partial charge on any atom is -0.435 e. The van der Waals surface area contributed by atoms with Crippen LogP contribution in [0.2, 0.25) is 0 Å². The van der Waals surface area contributed by atoms with Crippen LogP contribution in [0.4, 0.5) is 9.59 Å². The van der Waals surface area contributed by atoms with Gasteiger partial charge >= 0.3 is 12.2 Å². The fourth-order valence-electron chi connectivity index (χ4n) is 3.81. The lowest BCUT2D eigenvalue weighted by atomic mass is 10.0. The molecule has 2 fully saturated rings. The zero-order valence-electron chi connectivity index (χ0n) is 16.6. The summed E-state index contributed by atoms with van der Waals surface area (Å²) >= 11 is 0. The predicted octanol–water partition coefficient (Wildman–Crippen LogP) is 3.00. The molecule has 0 bridgehead atoms. The molecule has 0 atom stereocenters. The highest BCUT2D eigenvalue weighted by Gasteiger charge is 2.28. The molecular formula is C21H31N3O4. The van der Waals surface area contributed by atoms with Crippen LogP contribution in [0.1, 0.15) is 38.2 Å². The number of ether oxygens (including phenoxy) is 2. The van der Waals surface area contributed by atoms with Crippen molar-refractivity contribution < 1.29 is 19.1 Å². The Bertz CT molecular complexity index is 624. The number of rotatable bonds is 5. The molecule has 3 rings (SSSR count). The van der Waals surface area contributed by atoms with Crippen molar-refractivity contribution in [1.82, 2.24) is 15.1 Å². The number of urea groups is 1. The topological polar surface area (TPSA) is 71.1 Å². The van der Waals surface area contributed by atoms with Crippen molar-refractivity contribution >= 4 is 12.2 Å². The summed E-state index contributed by atoms with van der Waals surface area (Å²) in [5.41, 5.74) is 1.33. The first-order chi connectivity index (χ1) is 13.6. The molecule has 2 heterocycles. The molecule has 0 spiro atoms. The van der Waals surface area contributed by atoms with Crippen molar-refractivity contribution in [1.29, 1.82) is 0 Å². The van der Waals surface area contributed by atoms with Gasteiger partial charge in [0.25, 0.3) is 0 Å². The molecule has 2 aliphatic heterocycles. The minimum atomic E-state index is -0.618. The predicted molar refractivity (Wildman–Crippen MR) is 106 cm³/mol. The Balaban J connectivity index is 1.34. The van der Waals surface area contributed by atoms with Gasteiger partial charge in [0.15, 0.2) is 0 Å². The van der Waals surface area contributed by atoms with E-state index in [9.17, 15) is 9.59 Å². The molecule has 1 aromatic rings. The van der Waals surface area contributed by atoms with Gasteiger partial charge < -0.3 is 19.7 Å². The van der Waals surface area contributed by atoms with Crippen LogP contribution in [0.3, 0.4) is 0 Å². The second kappa shape index (κ2) is 10.3. The second-order valence-electron chi connectivity index (χ2n) is 7.47. The Labute approximate surface area is 167 Å². The summed E-state index contributed by atoms with van der Waals surface area (Å²) in [4.78, 5) is 28.2.